The van der Waals surface area contributed by atoms with Crippen LogP contribution in [0.5, 0.6) is 5.75 Å². The van der Waals surface area contributed by atoms with Crippen molar-refractivity contribution >= 4 is 39.8 Å². The molecule has 2 aliphatic rings. The van der Waals surface area contributed by atoms with Crippen molar-refractivity contribution in [1.29, 1.82) is 0 Å². The summed E-state index contributed by atoms with van der Waals surface area (Å²) in [6, 6.07) is 5.87. The summed E-state index contributed by atoms with van der Waals surface area (Å²) in [5.41, 5.74) is 2.31. The van der Waals surface area contributed by atoms with Crippen LogP contribution in [0.1, 0.15) is 40.7 Å². The van der Waals surface area contributed by atoms with Crippen LogP contribution >= 0.6 is 11.6 Å². The molecular formula is C29H28ClF2N7O2. The predicted octanol–water partition coefficient (Wildman–Crippen LogP) is 5.04. The third-order valence-corrected chi connectivity index (χ3v) is 7.94. The van der Waals surface area contributed by atoms with Crippen LogP contribution in [0.3, 0.4) is 0 Å². The Morgan fingerprint density at radius 3 is 2.76 bits per heavy atom. The number of phenolic OH excluding ortho intramolecular Hbond substituents is 1. The number of hydrogen-bond acceptors (Lipinski definition) is 7. The molecule has 1 amide bonds. The zero-order chi connectivity index (χ0) is 29.0. The van der Waals surface area contributed by atoms with E-state index in [1.54, 1.807) is 31.0 Å². The summed E-state index contributed by atoms with van der Waals surface area (Å²) in [5, 5.41) is 19.3. The lowest BCUT2D eigenvalue weighted by Gasteiger charge is -2.29. The second-order valence-corrected chi connectivity index (χ2v) is 10.7. The number of anilines is 1. The molecule has 0 unspecified atom stereocenters. The highest BCUT2D eigenvalue weighted by molar-refractivity contribution is 6.34. The van der Waals surface area contributed by atoms with Crippen LogP contribution in [0.4, 0.5) is 14.5 Å². The number of nitrogens with one attached hydrogen (secondary N) is 1. The lowest BCUT2D eigenvalue weighted by atomic mass is 9.94. The van der Waals surface area contributed by atoms with Crippen LogP contribution in [-0.2, 0) is 19.5 Å². The van der Waals surface area contributed by atoms with Crippen molar-refractivity contribution in [3.8, 4) is 17.0 Å². The smallest absolute Gasteiger partial charge is 0.275 e. The zero-order valence-electron chi connectivity index (χ0n) is 22.8. The average molecular weight is 580 g/mol. The highest BCUT2D eigenvalue weighted by Gasteiger charge is 2.31. The first-order valence-corrected chi connectivity index (χ1v) is 13.7. The van der Waals surface area contributed by atoms with E-state index in [1.807, 2.05) is 11.8 Å². The number of amidine groups is 1. The number of carbonyl (C=O) groups excluding carboxylic acids is 1. The van der Waals surface area contributed by atoms with Gasteiger partial charge < -0.3 is 20.2 Å². The van der Waals surface area contributed by atoms with Crippen molar-refractivity contribution in [3.05, 3.63) is 69.6 Å². The molecule has 4 aromatic rings. The summed E-state index contributed by atoms with van der Waals surface area (Å²) in [5.74, 6) is -0.822. The Bertz CT molecular complexity index is 1750. The molecule has 0 spiro atoms. The molecule has 9 nitrogen and oxygen atoms in total. The summed E-state index contributed by atoms with van der Waals surface area (Å²) in [6.07, 6.45) is 2.64. The predicted molar refractivity (Wildman–Crippen MR) is 153 cm³/mol. The summed E-state index contributed by atoms with van der Waals surface area (Å²) in [6.45, 7) is 3.45. The van der Waals surface area contributed by atoms with E-state index in [0.717, 1.165) is 0 Å². The number of aromatic nitrogens is 3. The van der Waals surface area contributed by atoms with Crippen LogP contribution in [0.2, 0.25) is 5.02 Å². The van der Waals surface area contributed by atoms with Crippen LogP contribution in [0.25, 0.3) is 22.0 Å². The lowest BCUT2D eigenvalue weighted by molar-refractivity contribution is 0.0821. The molecule has 4 heterocycles. The number of pyridine rings is 1. The number of fused-ring (bicyclic) bond motifs is 3. The molecule has 0 aliphatic carbocycles. The molecule has 2 aromatic heterocycles. The largest absolute Gasteiger partial charge is 0.508 e. The molecule has 0 atom stereocenters. The monoisotopic (exact) mass is 579 g/mol. The maximum atomic E-state index is 16.3. The van der Waals surface area contributed by atoms with Gasteiger partial charge in [0.05, 0.1) is 28.5 Å². The van der Waals surface area contributed by atoms with Gasteiger partial charge in [-0.25, -0.2) is 13.8 Å². The maximum absolute atomic E-state index is 16.3. The molecule has 0 radical (unpaired) electrons. The number of aryl methyl sites for hydroxylation is 2. The van der Waals surface area contributed by atoms with Crippen molar-refractivity contribution < 1.29 is 18.7 Å². The van der Waals surface area contributed by atoms with Gasteiger partial charge >= 0.3 is 0 Å². The van der Waals surface area contributed by atoms with Gasteiger partial charge in [-0.1, -0.05) is 24.6 Å². The number of benzene rings is 2. The molecule has 41 heavy (non-hydrogen) atoms. The molecule has 12 heteroatoms. The minimum atomic E-state index is -0.620. The zero-order valence-corrected chi connectivity index (χ0v) is 23.6. The highest BCUT2D eigenvalue weighted by atomic mass is 35.5. The van der Waals surface area contributed by atoms with Gasteiger partial charge in [-0.2, -0.15) is 5.10 Å². The van der Waals surface area contributed by atoms with Gasteiger partial charge in [0.25, 0.3) is 5.91 Å². The van der Waals surface area contributed by atoms with E-state index in [1.165, 1.54) is 23.1 Å². The highest BCUT2D eigenvalue weighted by Crippen LogP contribution is 2.39. The van der Waals surface area contributed by atoms with Gasteiger partial charge in [0.1, 0.15) is 29.8 Å². The van der Waals surface area contributed by atoms with Crippen LogP contribution < -0.4 is 5.32 Å². The summed E-state index contributed by atoms with van der Waals surface area (Å²) in [7, 11) is 3.29. The Labute approximate surface area is 240 Å². The number of aliphatic imine (C=N–C) groups is 1. The van der Waals surface area contributed by atoms with Gasteiger partial charge in [-0.15, -0.1) is 0 Å². The van der Waals surface area contributed by atoms with Crippen molar-refractivity contribution in [2.75, 3.05) is 32.6 Å². The number of rotatable bonds is 3. The summed E-state index contributed by atoms with van der Waals surface area (Å²) >= 11 is 6.64. The van der Waals surface area contributed by atoms with Gasteiger partial charge in [-0.3, -0.25) is 14.5 Å². The molecule has 6 rings (SSSR count). The SMILES string of the molecule is CCc1c(F)ccc2cc(O)cc(-c3ncc4c(c3F)NCN=C4N3CCCn4nc(C(=O)N(C)C)c(Cl)c4C3)c12. The maximum Gasteiger partial charge on any atom is 0.275 e. The Morgan fingerprint density at radius 2 is 2.00 bits per heavy atom. The van der Waals surface area contributed by atoms with Crippen molar-refractivity contribution in [2.45, 2.75) is 32.9 Å². The number of phenols is 1. The van der Waals surface area contributed by atoms with Crippen molar-refractivity contribution in [1.82, 2.24) is 24.6 Å². The van der Waals surface area contributed by atoms with Crippen molar-refractivity contribution in [3.63, 3.8) is 0 Å². The van der Waals surface area contributed by atoms with Crippen molar-refractivity contribution in [2.24, 2.45) is 4.99 Å². The Balaban J connectivity index is 1.42. The van der Waals surface area contributed by atoms with Crippen LogP contribution in [0.15, 0.2) is 35.5 Å². The molecule has 0 bridgehead atoms. The summed E-state index contributed by atoms with van der Waals surface area (Å²) < 4.78 is 32.8. The van der Waals surface area contributed by atoms with E-state index in [-0.39, 0.29) is 35.4 Å². The quantitative estimate of drug-likeness (QED) is 0.353. The Kier molecular flexibility index (Phi) is 6.77. The first kappa shape index (κ1) is 26.9. The third-order valence-electron chi connectivity index (χ3n) is 7.55. The molecule has 0 saturated carbocycles. The molecule has 2 aliphatic heterocycles. The fourth-order valence-corrected chi connectivity index (χ4v) is 5.89. The van der Waals surface area contributed by atoms with Crippen LogP contribution in [-0.4, -0.2) is 68.7 Å². The number of carbonyl (C=O) groups is 1. The topological polar surface area (TPSA) is 98.9 Å². The number of hydrogen-bond donors (Lipinski definition) is 2. The fraction of sp³-hybridized carbons (Fsp3) is 0.310. The number of aromatic hydroxyl groups is 1. The third kappa shape index (κ3) is 4.44. The van der Waals surface area contributed by atoms with Crippen LogP contribution in [0, 0.1) is 11.6 Å². The Morgan fingerprint density at radius 1 is 1.20 bits per heavy atom. The minimum Gasteiger partial charge on any atom is -0.508 e. The minimum absolute atomic E-state index is 0.00234. The van der Waals surface area contributed by atoms with Gasteiger partial charge in [0.15, 0.2) is 11.5 Å². The molecule has 212 valence electrons. The van der Waals surface area contributed by atoms with E-state index in [0.29, 0.717) is 76.5 Å². The molecule has 2 N–H and O–H groups in total. The fourth-order valence-electron chi connectivity index (χ4n) is 5.61. The normalized spacial score (nSPS) is 14.7. The van der Waals surface area contributed by atoms with Gasteiger partial charge in [-0.05, 0) is 47.4 Å². The second-order valence-electron chi connectivity index (χ2n) is 10.3. The van der Waals surface area contributed by atoms with E-state index in [4.69, 9.17) is 11.6 Å². The van der Waals surface area contributed by atoms with E-state index in [9.17, 15) is 14.3 Å². The first-order chi connectivity index (χ1) is 19.7. The first-order valence-electron chi connectivity index (χ1n) is 13.3. The lowest BCUT2D eigenvalue weighted by Crippen LogP contribution is -2.35. The number of halogens is 3. The molecule has 0 saturated heterocycles. The van der Waals surface area contributed by atoms with Gasteiger partial charge in [0, 0.05) is 38.9 Å². The summed E-state index contributed by atoms with van der Waals surface area (Å²) in [4.78, 5) is 25.1. The molecule has 2 aromatic carbocycles. The van der Waals surface area contributed by atoms with E-state index in [2.05, 4.69) is 20.4 Å². The standard InChI is InChI=1S/C29H28ClF2N7O2/c1-4-17-20(31)7-6-15-10-16(40)11-18(22(15)17)25-24(32)26-19(12-33-25)28(35-14-34-26)38-8-5-9-39-21(13-38)23(30)27(36-39)29(41)37(2)3/h6-7,10-12,34,40H,4-5,8-9,13-14H2,1-3H3. The number of nitrogens with zero attached hydrogens (tertiary/aromatic N) is 6. The van der Waals surface area contributed by atoms with E-state index < -0.39 is 11.6 Å². The Hall–Kier alpha value is -4.25. The molecule has 0 fully saturated rings. The van der Waals surface area contributed by atoms with E-state index >= 15 is 4.39 Å². The molecular weight excluding hydrogens is 552 g/mol. The second kappa shape index (κ2) is 10.3. The number of amides is 1. The average Bonchev–Trinajstić information content (AvgIpc) is 3.12. The van der Waals surface area contributed by atoms with Gasteiger partial charge in [0.2, 0.25) is 0 Å².